The first kappa shape index (κ1) is 14.7. The second-order valence-corrected chi connectivity index (χ2v) is 6.07. The van der Waals surface area contributed by atoms with Gasteiger partial charge in [0.2, 0.25) is 0 Å². The highest BCUT2D eigenvalue weighted by atomic mass is 32.2. The minimum Gasteiger partial charge on any atom is -0.394 e. The van der Waals surface area contributed by atoms with E-state index in [4.69, 9.17) is 5.11 Å². The van der Waals surface area contributed by atoms with Crippen LogP contribution in [0.25, 0.3) is 0 Å². The van der Waals surface area contributed by atoms with Gasteiger partial charge < -0.3 is 10.4 Å². The zero-order valence-electron chi connectivity index (χ0n) is 10.4. The molecule has 0 radical (unpaired) electrons. The van der Waals surface area contributed by atoms with Crippen molar-refractivity contribution < 1.29 is 18.3 Å². The lowest BCUT2D eigenvalue weighted by Crippen LogP contribution is -2.36. The normalized spacial score (nSPS) is 13.1. The highest BCUT2D eigenvalue weighted by molar-refractivity contribution is 7.90. The Kier molecular flexibility index (Phi) is 4.86. The van der Waals surface area contributed by atoms with Gasteiger partial charge in [-0.15, -0.1) is 0 Å². The average Bonchev–Trinajstić information content (AvgIpc) is 2.34. The van der Waals surface area contributed by atoms with Crippen molar-refractivity contribution in [3.8, 4) is 0 Å². The third-order valence-electron chi connectivity index (χ3n) is 2.59. The van der Waals surface area contributed by atoms with Crippen molar-refractivity contribution in [2.75, 3.05) is 12.9 Å². The molecule has 100 valence electrons. The van der Waals surface area contributed by atoms with Gasteiger partial charge in [0, 0.05) is 11.8 Å². The van der Waals surface area contributed by atoms with Gasteiger partial charge in [0.15, 0.2) is 9.84 Å². The SMILES string of the molecule is CC[C@@H](CO)NC(=O)c1ccc(S(C)(=O)=O)cc1. The van der Waals surface area contributed by atoms with Crippen molar-refractivity contribution >= 4 is 15.7 Å². The third kappa shape index (κ3) is 3.82. The van der Waals surface area contributed by atoms with E-state index in [9.17, 15) is 13.2 Å². The Hall–Kier alpha value is -1.40. The molecule has 0 heterocycles. The highest BCUT2D eigenvalue weighted by Crippen LogP contribution is 2.10. The molecule has 18 heavy (non-hydrogen) atoms. The number of rotatable bonds is 5. The zero-order chi connectivity index (χ0) is 13.8. The standard InChI is InChI=1S/C12H17NO4S/c1-3-10(8-14)13-12(15)9-4-6-11(7-5-9)18(2,16)17/h4-7,10,14H,3,8H2,1-2H3,(H,13,15)/t10-/m0/s1. The van der Waals surface area contributed by atoms with Crippen LogP contribution in [0.5, 0.6) is 0 Å². The number of hydrogen-bond acceptors (Lipinski definition) is 4. The van der Waals surface area contributed by atoms with Crippen LogP contribution in [0.4, 0.5) is 0 Å². The van der Waals surface area contributed by atoms with Crippen LogP contribution >= 0.6 is 0 Å². The molecule has 0 bridgehead atoms. The van der Waals surface area contributed by atoms with Gasteiger partial charge in [0.25, 0.3) is 5.91 Å². The largest absolute Gasteiger partial charge is 0.394 e. The van der Waals surface area contributed by atoms with E-state index in [-0.39, 0.29) is 23.5 Å². The number of sulfone groups is 1. The summed E-state index contributed by atoms with van der Waals surface area (Å²) in [6, 6.07) is 5.41. The Morgan fingerprint density at radius 2 is 1.89 bits per heavy atom. The summed E-state index contributed by atoms with van der Waals surface area (Å²) in [4.78, 5) is 11.9. The summed E-state index contributed by atoms with van der Waals surface area (Å²) in [5, 5.41) is 11.6. The number of amides is 1. The van der Waals surface area contributed by atoms with Gasteiger partial charge in [-0.25, -0.2) is 8.42 Å². The third-order valence-corrected chi connectivity index (χ3v) is 3.72. The van der Waals surface area contributed by atoms with Crippen molar-refractivity contribution in [1.82, 2.24) is 5.32 Å². The first-order chi connectivity index (χ1) is 8.38. The molecule has 0 spiro atoms. The second kappa shape index (κ2) is 5.97. The maximum Gasteiger partial charge on any atom is 0.251 e. The van der Waals surface area contributed by atoms with Crippen molar-refractivity contribution in [2.45, 2.75) is 24.3 Å². The molecular weight excluding hydrogens is 254 g/mol. The maximum atomic E-state index is 11.8. The second-order valence-electron chi connectivity index (χ2n) is 4.06. The average molecular weight is 271 g/mol. The van der Waals surface area contributed by atoms with Gasteiger partial charge in [-0.3, -0.25) is 4.79 Å². The van der Waals surface area contributed by atoms with Crippen LogP contribution in [-0.4, -0.2) is 38.3 Å². The smallest absolute Gasteiger partial charge is 0.251 e. The summed E-state index contributed by atoms with van der Waals surface area (Å²) in [5.41, 5.74) is 0.370. The van der Waals surface area contributed by atoms with Gasteiger partial charge >= 0.3 is 0 Å². The molecule has 5 nitrogen and oxygen atoms in total. The fourth-order valence-electron chi connectivity index (χ4n) is 1.40. The highest BCUT2D eigenvalue weighted by Gasteiger charge is 2.12. The van der Waals surface area contributed by atoms with E-state index in [1.54, 1.807) is 0 Å². The number of nitrogens with one attached hydrogen (secondary N) is 1. The van der Waals surface area contributed by atoms with E-state index < -0.39 is 9.84 Å². The summed E-state index contributed by atoms with van der Waals surface area (Å²) in [6.45, 7) is 1.73. The Labute approximate surface area is 107 Å². The molecule has 0 saturated carbocycles. The van der Waals surface area contributed by atoms with Crippen LogP contribution in [0.3, 0.4) is 0 Å². The molecule has 2 N–H and O–H groups in total. The van der Waals surface area contributed by atoms with Crippen molar-refractivity contribution in [3.05, 3.63) is 29.8 Å². The molecule has 0 aromatic heterocycles. The van der Waals surface area contributed by atoms with Crippen LogP contribution in [0, 0.1) is 0 Å². The number of aliphatic hydroxyl groups is 1. The molecular formula is C12H17NO4S. The number of carbonyl (C=O) groups is 1. The molecule has 0 aliphatic rings. The summed E-state index contributed by atoms with van der Waals surface area (Å²) in [6.07, 6.45) is 1.74. The molecule has 1 amide bonds. The molecule has 1 atom stereocenters. The van der Waals surface area contributed by atoms with Crippen LogP contribution in [0.15, 0.2) is 29.2 Å². The van der Waals surface area contributed by atoms with Crippen LogP contribution in [-0.2, 0) is 9.84 Å². The monoisotopic (exact) mass is 271 g/mol. The molecule has 0 aliphatic carbocycles. The molecule has 0 fully saturated rings. The van der Waals surface area contributed by atoms with Crippen LogP contribution in [0.2, 0.25) is 0 Å². The number of benzene rings is 1. The molecule has 1 aromatic carbocycles. The van der Waals surface area contributed by atoms with E-state index in [1.165, 1.54) is 24.3 Å². The summed E-state index contributed by atoms with van der Waals surface area (Å²) in [5.74, 6) is -0.323. The zero-order valence-corrected chi connectivity index (χ0v) is 11.2. The molecule has 0 saturated heterocycles. The van der Waals surface area contributed by atoms with Gasteiger partial charge in [0.05, 0.1) is 17.5 Å². The van der Waals surface area contributed by atoms with E-state index >= 15 is 0 Å². The van der Waals surface area contributed by atoms with Gasteiger partial charge in [-0.1, -0.05) is 6.92 Å². The minimum absolute atomic E-state index is 0.121. The Bertz CT molecular complexity index is 503. The fourth-order valence-corrected chi connectivity index (χ4v) is 2.03. The fraction of sp³-hybridized carbons (Fsp3) is 0.417. The molecule has 1 rings (SSSR count). The number of hydrogen-bond donors (Lipinski definition) is 2. The molecule has 0 aliphatic heterocycles. The van der Waals surface area contributed by atoms with Gasteiger partial charge in [-0.2, -0.15) is 0 Å². The Morgan fingerprint density at radius 1 is 1.33 bits per heavy atom. The summed E-state index contributed by atoms with van der Waals surface area (Å²) < 4.78 is 22.5. The first-order valence-corrected chi connectivity index (χ1v) is 7.49. The van der Waals surface area contributed by atoms with Crippen molar-refractivity contribution in [1.29, 1.82) is 0 Å². The minimum atomic E-state index is -3.25. The van der Waals surface area contributed by atoms with E-state index in [2.05, 4.69) is 5.32 Å². The van der Waals surface area contributed by atoms with E-state index in [1.807, 2.05) is 6.92 Å². The molecule has 6 heteroatoms. The van der Waals surface area contributed by atoms with Crippen molar-refractivity contribution in [2.24, 2.45) is 0 Å². The van der Waals surface area contributed by atoms with E-state index in [0.29, 0.717) is 12.0 Å². The Balaban J connectivity index is 2.83. The van der Waals surface area contributed by atoms with Crippen LogP contribution < -0.4 is 5.32 Å². The van der Waals surface area contributed by atoms with Crippen LogP contribution in [0.1, 0.15) is 23.7 Å². The van der Waals surface area contributed by atoms with Crippen molar-refractivity contribution in [3.63, 3.8) is 0 Å². The van der Waals surface area contributed by atoms with Gasteiger partial charge in [0.1, 0.15) is 0 Å². The topological polar surface area (TPSA) is 83.5 Å². The molecule has 1 aromatic rings. The summed E-state index contributed by atoms with van der Waals surface area (Å²) in [7, 11) is -3.25. The lowest BCUT2D eigenvalue weighted by Gasteiger charge is -2.13. The number of carbonyl (C=O) groups excluding carboxylic acids is 1. The van der Waals surface area contributed by atoms with E-state index in [0.717, 1.165) is 6.26 Å². The lowest BCUT2D eigenvalue weighted by atomic mass is 10.2. The quantitative estimate of drug-likeness (QED) is 0.821. The first-order valence-electron chi connectivity index (χ1n) is 5.60. The maximum absolute atomic E-state index is 11.8. The lowest BCUT2D eigenvalue weighted by molar-refractivity contribution is 0.0915. The number of aliphatic hydroxyl groups excluding tert-OH is 1. The summed E-state index contributed by atoms with van der Waals surface area (Å²) >= 11 is 0. The van der Waals surface area contributed by atoms with Gasteiger partial charge in [-0.05, 0) is 30.7 Å². The molecule has 0 unspecified atom stereocenters. The predicted octanol–water partition coefficient (Wildman–Crippen LogP) is 0.591. The Morgan fingerprint density at radius 3 is 2.28 bits per heavy atom. The predicted molar refractivity (Wildman–Crippen MR) is 68.2 cm³/mol.